The van der Waals surface area contributed by atoms with Gasteiger partial charge in [0.1, 0.15) is 0 Å². The van der Waals surface area contributed by atoms with Gasteiger partial charge in [-0.3, -0.25) is 0 Å². The summed E-state index contributed by atoms with van der Waals surface area (Å²) >= 11 is 3.62. The van der Waals surface area contributed by atoms with Gasteiger partial charge in [-0.05, 0) is 29.5 Å². The van der Waals surface area contributed by atoms with Gasteiger partial charge in [0.25, 0.3) is 0 Å². The van der Waals surface area contributed by atoms with E-state index in [2.05, 4.69) is 66.7 Å². The van der Waals surface area contributed by atoms with E-state index >= 15 is 0 Å². The van der Waals surface area contributed by atoms with Gasteiger partial charge in [0, 0.05) is 17.3 Å². The molecule has 86 valence electrons. The molecule has 0 saturated heterocycles. The molecule has 0 aromatic heterocycles. The van der Waals surface area contributed by atoms with Gasteiger partial charge in [-0.15, -0.1) is 11.8 Å². The Balaban J connectivity index is 2.76. The third kappa shape index (κ3) is 3.68. The summed E-state index contributed by atoms with van der Waals surface area (Å²) in [6, 6.07) is 6.67. The van der Waals surface area contributed by atoms with Crippen LogP contribution in [-0.2, 0) is 6.42 Å². The van der Waals surface area contributed by atoms with Crippen LogP contribution < -0.4 is 0 Å². The highest BCUT2D eigenvalue weighted by atomic mass is 79.9. The van der Waals surface area contributed by atoms with Crippen molar-refractivity contribution >= 4 is 15.9 Å². The lowest BCUT2D eigenvalue weighted by molar-refractivity contribution is 0.793. The van der Waals surface area contributed by atoms with Crippen molar-refractivity contribution in [1.29, 1.82) is 0 Å². The minimum atomic E-state index is 0.515. The number of aryl methyl sites for hydroxylation is 1. The predicted molar refractivity (Wildman–Crippen MR) is 74.6 cm³/mol. The van der Waals surface area contributed by atoms with Gasteiger partial charge in [-0.1, -0.05) is 48.8 Å². The minimum Gasteiger partial charge on any atom is -0.104 e. The Labute approximate surface area is 108 Å². The number of halogens is 1. The van der Waals surface area contributed by atoms with E-state index in [-0.39, 0.29) is 0 Å². The second kappa shape index (κ2) is 6.76. The van der Waals surface area contributed by atoms with Crippen LogP contribution in [0, 0.1) is 11.8 Å². The molecule has 16 heavy (non-hydrogen) atoms. The smallest absolute Gasteiger partial charge is 0.0210 e. The van der Waals surface area contributed by atoms with Gasteiger partial charge < -0.3 is 0 Å². The van der Waals surface area contributed by atoms with E-state index in [0.29, 0.717) is 5.92 Å². The van der Waals surface area contributed by atoms with Crippen molar-refractivity contribution in [3.05, 3.63) is 33.8 Å². The summed E-state index contributed by atoms with van der Waals surface area (Å²) in [6.45, 7) is 6.50. The van der Waals surface area contributed by atoms with Gasteiger partial charge in [0.2, 0.25) is 0 Å². The molecule has 0 aliphatic rings. The topological polar surface area (TPSA) is 0 Å². The molecule has 0 nitrogen and oxygen atoms in total. The van der Waals surface area contributed by atoms with Crippen molar-refractivity contribution in [3.8, 4) is 11.8 Å². The Kier molecular flexibility index (Phi) is 5.63. The van der Waals surface area contributed by atoms with E-state index in [1.54, 1.807) is 0 Å². The van der Waals surface area contributed by atoms with E-state index in [9.17, 15) is 0 Å². The normalized spacial score (nSPS) is 11.8. The van der Waals surface area contributed by atoms with Gasteiger partial charge in [0.15, 0.2) is 0 Å². The SMILES string of the molecule is CCC#CCC(C)c1ccc(CC)c(Br)c1. The number of hydrogen-bond donors (Lipinski definition) is 0. The molecule has 1 atom stereocenters. The van der Waals surface area contributed by atoms with E-state index < -0.39 is 0 Å². The summed E-state index contributed by atoms with van der Waals surface area (Å²) in [7, 11) is 0. The van der Waals surface area contributed by atoms with Crippen LogP contribution in [0.25, 0.3) is 0 Å². The average molecular weight is 279 g/mol. The first kappa shape index (κ1) is 13.3. The third-order valence-electron chi connectivity index (χ3n) is 2.74. The molecule has 0 bridgehead atoms. The summed E-state index contributed by atoms with van der Waals surface area (Å²) in [6.07, 6.45) is 2.97. The van der Waals surface area contributed by atoms with E-state index in [1.807, 2.05) is 0 Å². The molecule has 0 heterocycles. The van der Waals surface area contributed by atoms with Crippen LogP contribution in [0.2, 0.25) is 0 Å². The molecule has 0 amide bonds. The maximum absolute atomic E-state index is 3.62. The van der Waals surface area contributed by atoms with Crippen LogP contribution in [0.4, 0.5) is 0 Å². The van der Waals surface area contributed by atoms with Gasteiger partial charge >= 0.3 is 0 Å². The van der Waals surface area contributed by atoms with Crippen molar-refractivity contribution in [1.82, 2.24) is 0 Å². The zero-order chi connectivity index (χ0) is 12.0. The Morgan fingerprint density at radius 2 is 2.00 bits per heavy atom. The largest absolute Gasteiger partial charge is 0.104 e. The summed E-state index contributed by atoms with van der Waals surface area (Å²) in [5, 5.41) is 0. The lowest BCUT2D eigenvalue weighted by Gasteiger charge is -2.10. The fraction of sp³-hybridized carbons (Fsp3) is 0.467. The summed E-state index contributed by atoms with van der Waals surface area (Å²) in [5.41, 5.74) is 2.74. The fourth-order valence-electron chi connectivity index (χ4n) is 1.62. The quantitative estimate of drug-likeness (QED) is 0.689. The molecule has 1 heteroatoms. The zero-order valence-electron chi connectivity index (χ0n) is 10.3. The van der Waals surface area contributed by atoms with Crippen LogP contribution in [0.5, 0.6) is 0 Å². The summed E-state index contributed by atoms with van der Waals surface area (Å²) in [4.78, 5) is 0. The highest BCUT2D eigenvalue weighted by molar-refractivity contribution is 9.10. The number of benzene rings is 1. The van der Waals surface area contributed by atoms with E-state index in [4.69, 9.17) is 0 Å². The van der Waals surface area contributed by atoms with Crippen molar-refractivity contribution in [3.63, 3.8) is 0 Å². The molecule has 1 rings (SSSR count). The van der Waals surface area contributed by atoms with Crippen molar-refractivity contribution < 1.29 is 0 Å². The average Bonchev–Trinajstić information content (AvgIpc) is 2.29. The van der Waals surface area contributed by atoms with Crippen molar-refractivity contribution in [2.45, 2.75) is 46.0 Å². The monoisotopic (exact) mass is 278 g/mol. The predicted octanol–water partition coefficient (Wildman–Crippen LogP) is 4.92. The molecule has 1 aromatic carbocycles. The minimum absolute atomic E-state index is 0.515. The second-order valence-corrected chi connectivity index (χ2v) is 4.87. The van der Waals surface area contributed by atoms with Gasteiger partial charge in [-0.2, -0.15) is 0 Å². The first-order valence-electron chi connectivity index (χ1n) is 5.93. The Morgan fingerprint density at radius 1 is 1.25 bits per heavy atom. The lowest BCUT2D eigenvalue weighted by Crippen LogP contribution is -1.93. The molecule has 0 aliphatic carbocycles. The maximum atomic E-state index is 3.62. The molecule has 0 spiro atoms. The molecule has 1 aromatic rings. The van der Waals surface area contributed by atoms with Crippen LogP contribution >= 0.6 is 15.9 Å². The Bertz CT molecular complexity index is 396. The van der Waals surface area contributed by atoms with Gasteiger partial charge in [0.05, 0.1) is 0 Å². The Hall–Kier alpha value is -0.740. The van der Waals surface area contributed by atoms with Crippen molar-refractivity contribution in [2.75, 3.05) is 0 Å². The second-order valence-electron chi connectivity index (χ2n) is 4.02. The zero-order valence-corrected chi connectivity index (χ0v) is 11.9. The lowest BCUT2D eigenvalue weighted by atomic mass is 9.96. The standard InChI is InChI=1S/C15H19Br/c1-4-6-7-8-12(3)14-10-9-13(5-2)15(16)11-14/h9-12H,4-5,8H2,1-3H3. The fourth-order valence-corrected chi connectivity index (χ4v) is 2.30. The van der Waals surface area contributed by atoms with Crippen LogP contribution in [0.3, 0.4) is 0 Å². The van der Waals surface area contributed by atoms with E-state index in [1.165, 1.54) is 15.6 Å². The summed E-state index contributed by atoms with van der Waals surface area (Å²) in [5.74, 6) is 6.86. The molecule has 0 N–H and O–H groups in total. The highest BCUT2D eigenvalue weighted by Crippen LogP contribution is 2.25. The molecular weight excluding hydrogens is 260 g/mol. The van der Waals surface area contributed by atoms with Crippen molar-refractivity contribution in [2.24, 2.45) is 0 Å². The molecule has 0 fully saturated rings. The molecule has 0 saturated carbocycles. The molecule has 1 unspecified atom stereocenters. The maximum Gasteiger partial charge on any atom is 0.0210 e. The van der Waals surface area contributed by atoms with Crippen LogP contribution in [0.15, 0.2) is 22.7 Å². The molecule has 0 aliphatic heterocycles. The van der Waals surface area contributed by atoms with Crippen LogP contribution in [0.1, 0.15) is 50.7 Å². The van der Waals surface area contributed by atoms with Gasteiger partial charge in [-0.25, -0.2) is 0 Å². The third-order valence-corrected chi connectivity index (χ3v) is 3.48. The first-order chi connectivity index (χ1) is 7.69. The summed E-state index contributed by atoms with van der Waals surface area (Å²) < 4.78 is 1.22. The number of rotatable bonds is 3. The number of hydrogen-bond acceptors (Lipinski definition) is 0. The Morgan fingerprint density at radius 3 is 2.56 bits per heavy atom. The molecular formula is C15H19Br. The first-order valence-corrected chi connectivity index (χ1v) is 6.72. The molecule has 0 radical (unpaired) electrons. The highest BCUT2D eigenvalue weighted by Gasteiger charge is 2.06. The van der Waals surface area contributed by atoms with Crippen LogP contribution in [-0.4, -0.2) is 0 Å². The van der Waals surface area contributed by atoms with E-state index in [0.717, 1.165) is 19.3 Å².